The molecule has 1 amide bonds. The summed E-state index contributed by atoms with van der Waals surface area (Å²) in [5, 5.41) is 0. The standard InChI is InChI=1S/C14H18BrN3O/c1-17-11-2-3-12(17)9-18(7-5-11)14(19)10-4-6-16-13(15)8-10/h4,6,8,11-12H,2-3,5,7,9H2,1H3. The highest BCUT2D eigenvalue weighted by Gasteiger charge is 2.36. The normalized spacial score (nSPS) is 27.4. The van der Waals surface area contributed by atoms with Crippen molar-refractivity contribution >= 4 is 21.8 Å². The number of halogens is 1. The van der Waals surface area contributed by atoms with Gasteiger partial charge in [0.25, 0.3) is 5.91 Å². The van der Waals surface area contributed by atoms with Gasteiger partial charge in [-0.05, 0) is 54.4 Å². The maximum Gasteiger partial charge on any atom is 0.254 e. The summed E-state index contributed by atoms with van der Waals surface area (Å²) in [7, 11) is 2.19. The van der Waals surface area contributed by atoms with E-state index in [1.165, 1.54) is 12.8 Å². The smallest absolute Gasteiger partial charge is 0.254 e. The van der Waals surface area contributed by atoms with Gasteiger partial charge in [-0.1, -0.05) is 0 Å². The van der Waals surface area contributed by atoms with Crippen LogP contribution < -0.4 is 0 Å². The number of likely N-dealkylation sites (tertiary alicyclic amines) is 1. The molecule has 0 aromatic carbocycles. The number of hydrogen-bond acceptors (Lipinski definition) is 3. The van der Waals surface area contributed by atoms with Crippen molar-refractivity contribution in [1.29, 1.82) is 0 Å². The van der Waals surface area contributed by atoms with E-state index in [0.29, 0.717) is 16.7 Å². The van der Waals surface area contributed by atoms with E-state index < -0.39 is 0 Å². The number of likely N-dealkylation sites (N-methyl/N-ethyl adjacent to an activating group) is 1. The summed E-state index contributed by atoms with van der Waals surface area (Å²) in [6.07, 6.45) is 5.26. The van der Waals surface area contributed by atoms with Gasteiger partial charge in [-0.3, -0.25) is 9.69 Å². The van der Waals surface area contributed by atoms with Crippen LogP contribution in [-0.4, -0.2) is 52.9 Å². The molecule has 3 rings (SSSR count). The molecule has 2 aliphatic heterocycles. The SMILES string of the molecule is CN1C2CCC1CN(C(=O)c1ccnc(Br)c1)CC2. The van der Waals surface area contributed by atoms with Crippen molar-refractivity contribution in [3.63, 3.8) is 0 Å². The highest BCUT2D eigenvalue weighted by atomic mass is 79.9. The van der Waals surface area contributed by atoms with Crippen LogP contribution in [0.5, 0.6) is 0 Å². The Morgan fingerprint density at radius 2 is 2.16 bits per heavy atom. The van der Waals surface area contributed by atoms with Crippen LogP contribution in [-0.2, 0) is 0 Å². The molecular weight excluding hydrogens is 306 g/mol. The second-order valence-corrected chi connectivity index (χ2v) is 6.27. The van der Waals surface area contributed by atoms with E-state index in [1.54, 1.807) is 18.3 Å². The number of aromatic nitrogens is 1. The summed E-state index contributed by atoms with van der Waals surface area (Å²) < 4.78 is 0.715. The van der Waals surface area contributed by atoms with Crippen LogP contribution in [0, 0.1) is 0 Å². The molecule has 3 heterocycles. The molecule has 0 N–H and O–H groups in total. The summed E-state index contributed by atoms with van der Waals surface area (Å²) in [4.78, 5) is 21.1. The first-order chi connectivity index (χ1) is 9.15. The molecule has 2 fully saturated rings. The lowest BCUT2D eigenvalue weighted by atomic mass is 10.1. The van der Waals surface area contributed by atoms with Crippen molar-refractivity contribution in [3.8, 4) is 0 Å². The van der Waals surface area contributed by atoms with Crippen molar-refractivity contribution in [2.24, 2.45) is 0 Å². The highest BCUT2D eigenvalue weighted by molar-refractivity contribution is 9.10. The summed E-state index contributed by atoms with van der Waals surface area (Å²) >= 11 is 3.32. The predicted octanol–water partition coefficient (Wildman–Crippen LogP) is 2.15. The van der Waals surface area contributed by atoms with Crippen molar-refractivity contribution in [3.05, 3.63) is 28.5 Å². The quantitative estimate of drug-likeness (QED) is 0.743. The summed E-state index contributed by atoms with van der Waals surface area (Å²) in [6, 6.07) is 4.78. The first-order valence-electron chi connectivity index (χ1n) is 6.78. The Morgan fingerprint density at radius 3 is 2.95 bits per heavy atom. The average Bonchev–Trinajstić information content (AvgIpc) is 2.62. The zero-order chi connectivity index (χ0) is 13.4. The lowest BCUT2D eigenvalue weighted by molar-refractivity contribution is 0.0740. The molecule has 2 saturated heterocycles. The predicted molar refractivity (Wildman–Crippen MR) is 77.0 cm³/mol. The van der Waals surface area contributed by atoms with E-state index in [2.05, 4.69) is 32.9 Å². The van der Waals surface area contributed by atoms with Gasteiger partial charge in [-0.15, -0.1) is 0 Å². The first kappa shape index (κ1) is 13.1. The monoisotopic (exact) mass is 323 g/mol. The molecule has 2 aliphatic rings. The fourth-order valence-corrected chi connectivity index (χ4v) is 3.58. The van der Waals surface area contributed by atoms with E-state index >= 15 is 0 Å². The molecule has 0 radical (unpaired) electrons. The van der Waals surface area contributed by atoms with Crippen LogP contribution in [0.25, 0.3) is 0 Å². The number of nitrogens with zero attached hydrogens (tertiary/aromatic N) is 3. The Labute approximate surface area is 121 Å². The number of fused-ring (bicyclic) bond motifs is 2. The van der Waals surface area contributed by atoms with Gasteiger partial charge in [0.2, 0.25) is 0 Å². The van der Waals surface area contributed by atoms with E-state index in [9.17, 15) is 4.79 Å². The minimum absolute atomic E-state index is 0.129. The fourth-order valence-electron chi connectivity index (χ4n) is 3.21. The number of carbonyl (C=O) groups is 1. The second kappa shape index (κ2) is 5.21. The Hall–Kier alpha value is -0.940. The van der Waals surface area contributed by atoms with Crippen LogP contribution >= 0.6 is 15.9 Å². The Balaban J connectivity index is 1.77. The first-order valence-corrected chi connectivity index (χ1v) is 7.57. The van der Waals surface area contributed by atoms with Crippen LogP contribution in [0.4, 0.5) is 0 Å². The van der Waals surface area contributed by atoms with Crippen LogP contribution in [0.1, 0.15) is 29.6 Å². The molecule has 1 aromatic heterocycles. The number of carbonyl (C=O) groups excluding carboxylic acids is 1. The third-order valence-corrected chi connectivity index (χ3v) is 4.84. The van der Waals surface area contributed by atoms with Crippen LogP contribution in [0.3, 0.4) is 0 Å². The topological polar surface area (TPSA) is 36.4 Å². The number of pyridine rings is 1. The second-order valence-electron chi connectivity index (χ2n) is 5.46. The highest BCUT2D eigenvalue weighted by Crippen LogP contribution is 2.29. The molecule has 2 atom stereocenters. The van der Waals surface area contributed by atoms with Gasteiger partial charge in [0.1, 0.15) is 4.60 Å². The number of rotatable bonds is 1. The van der Waals surface area contributed by atoms with E-state index in [1.807, 2.05) is 4.90 Å². The Kier molecular flexibility index (Phi) is 3.58. The fraction of sp³-hybridized carbons (Fsp3) is 0.571. The van der Waals surface area contributed by atoms with Gasteiger partial charge >= 0.3 is 0 Å². The molecule has 0 spiro atoms. The van der Waals surface area contributed by atoms with Gasteiger partial charge in [0.05, 0.1) is 0 Å². The van der Waals surface area contributed by atoms with Gasteiger partial charge in [-0.25, -0.2) is 4.98 Å². The minimum atomic E-state index is 0.129. The number of amides is 1. The lowest BCUT2D eigenvalue weighted by Crippen LogP contribution is -2.39. The molecule has 102 valence electrons. The summed E-state index contributed by atoms with van der Waals surface area (Å²) in [6.45, 7) is 1.72. The summed E-state index contributed by atoms with van der Waals surface area (Å²) in [5.41, 5.74) is 0.724. The maximum atomic E-state index is 12.5. The van der Waals surface area contributed by atoms with Crippen molar-refractivity contribution < 1.29 is 4.79 Å². The third-order valence-electron chi connectivity index (χ3n) is 4.41. The van der Waals surface area contributed by atoms with E-state index in [0.717, 1.165) is 25.1 Å². The van der Waals surface area contributed by atoms with E-state index in [-0.39, 0.29) is 5.91 Å². The molecule has 0 saturated carbocycles. The van der Waals surface area contributed by atoms with Crippen LogP contribution in [0.15, 0.2) is 22.9 Å². The number of hydrogen-bond donors (Lipinski definition) is 0. The Bertz CT molecular complexity index is 493. The van der Waals surface area contributed by atoms with Crippen molar-refractivity contribution in [2.75, 3.05) is 20.1 Å². The van der Waals surface area contributed by atoms with Gasteiger partial charge in [0.15, 0.2) is 0 Å². The summed E-state index contributed by atoms with van der Waals surface area (Å²) in [5.74, 6) is 0.129. The third kappa shape index (κ3) is 2.54. The largest absolute Gasteiger partial charge is 0.337 e. The minimum Gasteiger partial charge on any atom is -0.337 e. The lowest BCUT2D eigenvalue weighted by Gasteiger charge is -2.25. The maximum absolute atomic E-state index is 12.5. The molecule has 19 heavy (non-hydrogen) atoms. The molecule has 0 aliphatic carbocycles. The van der Waals surface area contributed by atoms with E-state index in [4.69, 9.17) is 0 Å². The molecule has 5 heteroatoms. The molecule has 2 bridgehead atoms. The van der Waals surface area contributed by atoms with Gasteiger partial charge in [0, 0.05) is 36.9 Å². The average molecular weight is 324 g/mol. The molecular formula is C14H18BrN3O. The molecule has 4 nitrogen and oxygen atoms in total. The molecule has 1 aromatic rings. The van der Waals surface area contributed by atoms with Crippen molar-refractivity contribution in [2.45, 2.75) is 31.3 Å². The molecule has 2 unspecified atom stereocenters. The van der Waals surface area contributed by atoms with Crippen molar-refractivity contribution in [1.82, 2.24) is 14.8 Å². The zero-order valence-corrected chi connectivity index (χ0v) is 12.6. The van der Waals surface area contributed by atoms with Gasteiger partial charge in [-0.2, -0.15) is 0 Å². The van der Waals surface area contributed by atoms with Crippen LogP contribution in [0.2, 0.25) is 0 Å². The van der Waals surface area contributed by atoms with Gasteiger partial charge < -0.3 is 4.90 Å². The zero-order valence-electron chi connectivity index (χ0n) is 11.1. The Morgan fingerprint density at radius 1 is 1.37 bits per heavy atom.